The Labute approximate surface area is 75.8 Å². The highest BCUT2D eigenvalue weighted by atomic mass is 16.3. The summed E-state index contributed by atoms with van der Waals surface area (Å²) >= 11 is 0. The van der Waals surface area contributed by atoms with E-state index in [9.17, 15) is 0 Å². The van der Waals surface area contributed by atoms with Crippen molar-refractivity contribution in [2.45, 2.75) is 27.2 Å². The Kier molecular flexibility index (Phi) is 5.73. The van der Waals surface area contributed by atoms with Crippen molar-refractivity contribution in [1.82, 2.24) is 0 Å². The molecule has 70 valence electrons. The number of allylic oxidation sites excluding steroid dienone is 3. The van der Waals surface area contributed by atoms with Crippen LogP contribution in [0.3, 0.4) is 0 Å². The summed E-state index contributed by atoms with van der Waals surface area (Å²) in [4.78, 5) is 0. The second-order valence-corrected chi connectivity index (χ2v) is 3.63. The van der Waals surface area contributed by atoms with E-state index in [1.807, 2.05) is 13.0 Å². The van der Waals surface area contributed by atoms with Crippen LogP contribution in [0.15, 0.2) is 24.3 Å². The molecule has 1 unspecified atom stereocenters. The van der Waals surface area contributed by atoms with Gasteiger partial charge in [0.25, 0.3) is 0 Å². The molecule has 0 aromatic carbocycles. The topological polar surface area (TPSA) is 20.2 Å². The monoisotopic (exact) mass is 168 g/mol. The summed E-state index contributed by atoms with van der Waals surface area (Å²) in [5, 5.41) is 8.79. The lowest BCUT2D eigenvalue weighted by Crippen LogP contribution is -2.07. The maximum Gasteiger partial charge on any atom is 0.0436 e. The minimum absolute atomic E-state index is 0.267. The van der Waals surface area contributed by atoms with Crippen LogP contribution in [0.25, 0.3) is 0 Å². The highest BCUT2D eigenvalue weighted by Gasteiger charge is 2.07. The molecule has 1 atom stereocenters. The van der Waals surface area contributed by atoms with Crippen LogP contribution in [0.2, 0.25) is 0 Å². The van der Waals surface area contributed by atoms with E-state index in [0.717, 1.165) is 12.0 Å². The molecule has 0 saturated carbocycles. The van der Waals surface area contributed by atoms with Gasteiger partial charge in [0.1, 0.15) is 0 Å². The summed E-state index contributed by atoms with van der Waals surface area (Å²) in [5.74, 6) is 1.07. The molecule has 0 aliphatic heterocycles. The molecule has 1 heteroatoms. The van der Waals surface area contributed by atoms with Gasteiger partial charge in [-0.25, -0.2) is 0 Å². The Morgan fingerprint density at radius 1 is 1.50 bits per heavy atom. The Morgan fingerprint density at radius 2 is 2.08 bits per heavy atom. The van der Waals surface area contributed by atoms with Crippen LogP contribution < -0.4 is 0 Å². The van der Waals surface area contributed by atoms with Crippen LogP contribution in [-0.2, 0) is 0 Å². The zero-order chi connectivity index (χ0) is 9.56. The number of hydrogen-bond acceptors (Lipinski definition) is 1. The molecule has 0 bridgehead atoms. The summed E-state index contributed by atoms with van der Waals surface area (Å²) in [6, 6.07) is 0. The third kappa shape index (κ3) is 5.14. The van der Waals surface area contributed by atoms with Crippen molar-refractivity contribution in [3.8, 4) is 0 Å². The molecule has 0 radical (unpaired) electrons. The van der Waals surface area contributed by atoms with Gasteiger partial charge in [0.15, 0.2) is 0 Å². The van der Waals surface area contributed by atoms with Crippen LogP contribution in [0.5, 0.6) is 0 Å². The summed E-state index contributed by atoms with van der Waals surface area (Å²) in [6.07, 6.45) is 5.02. The average molecular weight is 168 g/mol. The molecule has 0 saturated heterocycles. The largest absolute Gasteiger partial charge is 0.396 e. The SMILES string of the molecule is C=C(C)/C=C/C(CCO)C(C)C. The van der Waals surface area contributed by atoms with Crippen molar-refractivity contribution in [2.75, 3.05) is 6.61 Å². The van der Waals surface area contributed by atoms with Crippen molar-refractivity contribution >= 4 is 0 Å². The molecular formula is C11H20O. The second kappa shape index (κ2) is 6.01. The predicted octanol–water partition coefficient (Wildman–Crippen LogP) is 2.77. The van der Waals surface area contributed by atoms with E-state index in [0.29, 0.717) is 11.8 Å². The number of aliphatic hydroxyl groups is 1. The van der Waals surface area contributed by atoms with Crippen LogP contribution in [0.4, 0.5) is 0 Å². The van der Waals surface area contributed by atoms with Crippen LogP contribution >= 0.6 is 0 Å². The molecule has 0 aromatic heterocycles. The summed E-state index contributed by atoms with van der Waals surface area (Å²) in [6.45, 7) is 10.4. The van der Waals surface area contributed by atoms with E-state index in [1.54, 1.807) is 0 Å². The van der Waals surface area contributed by atoms with Crippen LogP contribution in [0.1, 0.15) is 27.2 Å². The van der Waals surface area contributed by atoms with Crippen molar-refractivity contribution in [2.24, 2.45) is 11.8 Å². The van der Waals surface area contributed by atoms with Gasteiger partial charge in [-0.05, 0) is 25.2 Å². The molecule has 0 heterocycles. The number of aliphatic hydroxyl groups excluding tert-OH is 1. The first-order chi connectivity index (χ1) is 5.57. The molecule has 1 nitrogen and oxygen atoms in total. The molecule has 0 spiro atoms. The average Bonchev–Trinajstić information content (AvgIpc) is 1.96. The Hall–Kier alpha value is -0.560. The molecule has 0 aliphatic rings. The fraction of sp³-hybridized carbons (Fsp3) is 0.636. The summed E-state index contributed by atoms with van der Waals surface area (Å²) < 4.78 is 0. The lowest BCUT2D eigenvalue weighted by atomic mass is 9.92. The number of hydrogen-bond donors (Lipinski definition) is 1. The van der Waals surface area contributed by atoms with Gasteiger partial charge in [0, 0.05) is 6.61 Å². The third-order valence-electron chi connectivity index (χ3n) is 1.95. The van der Waals surface area contributed by atoms with E-state index in [2.05, 4.69) is 26.5 Å². The molecular weight excluding hydrogens is 148 g/mol. The first-order valence-electron chi connectivity index (χ1n) is 4.52. The fourth-order valence-electron chi connectivity index (χ4n) is 1.09. The van der Waals surface area contributed by atoms with Gasteiger partial charge in [-0.1, -0.05) is 38.2 Å². The van der Waals surface area contributed by atoms with Crippen LogP contribution in [-0.4, -0.2) is 11.7 Å². The van der Waals surface area contributed by atoms with E-state index in [4.69, 9.17) is 5.11 Å². The standard InChI is InChI=1S/C11H20O/c1-9(2)5-6-11(7-8-12)10(3)4/h5-6,10-12H,1,7-8H2,2-4H3/b6-5+. The van der Waals surface area contributed by atoms with Crippen molar-refractivity contribution in [1.29, 1.82) is 0 Å². The third-order valence-corrected chi connectivity index (χ3v) is 1.95. The van der Waals surface area contributed by atoms with E-state index < -0.39 is 0 Å². The van der Waals surface area contributed by atoms with Gasteiger partial charge in [-0.15, -0.1) is 0 Å². The second-order valence-electron chi connectivity index (χ2n) is 3.63. The van der Waals surface area contributed by atoms with Crippen molar-refractivity contribution in [3.63, 3.8) is 0 Å². The summed E-state index contributed by atoms with van der Waals surface area (Å²) in [5.41, 5.74) is 1.07. The highest BCUT2D eigenvalue weighted by Crippen LogP contribution is 2.16. The minimum Gasteiger partial charge on any atom is -0.396 e. The summed E-state index contributed by atoms with van der Waals surface area (Å²) in [7, 11) is 0. The van der Waals surface area contributed by atoms with E-state index in [-0.39, 0.29) is 6.61 Å². The predicted molar refractivity (Wildman–Crippen MR) is 54.0 cm³/mol. The van der Waals surface area contributed by atoms with Gasteiger partial charge < -0.3 is 5.11 Å². The Balaban J connectivity index is 4.03. The molecule has 0 rings (SSSR count). The zero-order valence-electron chi connectivity index (χ0n) is 8.38. The van der Waals surface area contributed by atoms with Crippen molar-refractivity contribution < 1.29 is 5.11 Å². The lowest BCUT2D eigenvalue weighted by molar-refractivity contribution is 0.252. The first kappa shape index (κ1) is 11.4. The molecule has 12 heavy (non-hydrogen) atoms. The van der Waals surface area contributed by atoms with Gasteiger partial charge >= 0.3 is 0 Å². The zero-order valence-corrected chi connectivity index (χ0v) is 8.38. The number of rotatable bonds is 5. The van der Waals surface area contributed by atoms with Gasteiger partial charge in [-0.3, -0.25) is 0 Å². The molecule has 0 fully saturated rings. The van der Waals surface area contributed by atoms with Gasteiger partial charge in [-0.2, -0.15) is 0 Å². The Morgan fingerprint density at radius 3 is 2.42 bits per heavy atom. The van der Waals surface area contributed by atoms with Gasteiger partial charge in [0.05, 0.1) is 0 Å². The molecule has 1 N–H and O–H groups in total. The van der Waals surface area contributed by atoms with Crippen molar-refractivity contribution in [3.05, 3.63) is 24.3 Å². The Bertz CT molecular complexity index is 156. The first-order valence-corrected chi connectivity index (χ1v) is 4.52. The molecule has 0 amide bonds. The van der Waals surface area contributed by atoms with Gasteiger partial charge in [0.2, 0.25) is 0 Å². The fourth-order valence-corrected chi connectivity index (χ4v) is 1.09. The quantitative estimate of drug-likeness (QED) is 0.626. The minimum atomic E-state index is 0.267. The van der Waals surface area contributed by atoms with Crippen LogP contribution in [0, 0.1) is 11.8 Å². The smallest absolute Gasteiger partial charge is 0.0436 e. The molecule has 0 aliphatic carbocycles. The van der Waals surface area contributed by atoms with E-state index >= 15 is 0 Å². The molecule has 0 aromatic rings. The maximum absolute atomic E-state index is 8.79. The lowest BCUT2D eigenvalue weighted by Gasteiger charge is -2.14. The normalized spacial score (nSPS) is 14.1. The highest BCUT2D eigenvalue weighted by molar-refractivity contribution is 5.12. The maximum atomic E-state index is 8.79. The van der Waals surface area contributed by atoms with E-state index in [1.165, 1.54) is 0 Å².